The lowest BCUT2D eigenvalue weighted by atomic mass is 10.0. The number of fused-ring (bicyclic) bond motifs is 1. The zero-order chi connectivity index (χ0) is 18.4. The van der Waals surface area contributed by atoms with Crippen LogP contribution in [0, 0.1) is 0 Å². The standard InChI is InChI=1S/C23H19ClN2O/c1-27-19-13-9-17(10-14-19)23-25-20(15-7-11-18(24)12-8-15)22-21(26(22)23)16-5-3-2-4-6-16/h2-14,21-23H,1H3/t21-,22+,23+,26?/m1/s1. The molecule has 27 heavy (non-hydrogen) atoms. The first-order valence-corrected chi connectivity index (χ1v) is 9.44. The van der Waals surface area contributed by atoms with Gasteiger partial charge in [-0.3, -0.25) is 9.89 Å². The third-order valence-electron chi connectivity index (χ3n) is 5.37. The number of nitrogens with zero attached hydrogens (tertiary/aromatic N) is 2. The van der Waals surface area contributed by atoms with Crippen molar-refractivity contribution in [2.24, 2.45) is 4.99 Å². The Morgan fingerprint density at radius 3 is 2.19 bits per heavy atom. The van der Waals surface area contributed by atoms with Crippen LogP contribution in [0.25, 0.3) is 0 Å². The van der Waals surface area contributed by atoms with Gasteiger partial charge in [-0.1, -0.05) is 66.2 Å². The van der Waals surface area contributed by atoms with E-state index in [4.69, 9.17) is 21.3 Å². The van der Waals surface area contributed by atoms with E-state index in [9.17, 15) is 0 Å². The highest BCUT2D eigenvalue weighted by molar-refractivity contribution is 6.30. The van der Waals surface area contributed by atoms with Crippen molar-refractivity contribution >= 4 is 17.3 Å². The Labute approximate surface area is 163 Å². The van der Waals surface area contributed by atoms with E-state index in [1.54, 1.807) is 7.11 Å². The monoisotopic (exact) mass is 374 g/mol. The predicted octanol–water partition coefficient (Wildman–Crippen LogP) is 5.28. The first kappa shape index (κ1) is 16.5. The zero-order valence-corrected chi connectivity index (χ0v) is 15.7. The molecule has 4 atom stereocenters. The molecular formula is C23H19ClN2O. The summed E-state index contributed by atoms with van der Waals surface area (Å²) < 4.78 is 5.30. The molecule has 1 saturated heterocycles. The summed E-state index contributed by atoms with van der Waals surface area (Å²) in [6.45, 7) is 0. The van der Waals surface area contributed by atoms with Crippen LogP contribution in [0.2, 0.25) is 5.02 Å². The van der Waals surface area contributed by atoms with Crippen molar-refractivity contribution in [3.63, 3.8) is 0 Å². The maximum atomic E-state index is 6.08. The fourth-order valence-electron chi connectivity index (χ4n) is 4.01. The van der Waals surface area contributed by atoms with Gasteiger partial charge in [0.25, 0.3) is 0 Å². The third kappa shape index (κ3) is 2.84. The molecule has 0 radical (unpaired) electrons. The van der Waals surface area contributed by atoms with Crippen molar-refractivity contribution in [1.82, 2.24) is 4.90 Å². The molecule has 2 heterocycles. The molecule has 2 aliphatic heterocycles. The first-order chi connectivity index (χ1) is 13.3. The Morgan fingerprint density at radius 1 is 0.815 bits per heavy atom. The number of ether oxygens (including phenoxy) is 1. The number of methoxy groups -OCH3 is 1. The van der Waals surface area contributed by atoms with Crippen molar-refractivity contribution in [2.75, 3.05) is 7.11 Å². The largest absolute Gasteiger partial charge is 0.497 e. The number of benzene rings is 3. The molecule has 3 aromatic carbocycles. The van der Waals surface area contributed by atoms with E-state index < -0.39 is 0 Å². The Kier molecular flexibility index (Phi) is 4.00. The SMILES string of the molecule is COc1ccc([C@H]2N=C(c3ccc(Cl)cc3)[C@H]3[C@@H](c4ccccc4)N23)cc1. The number of halogens is 1. The van der Waals surface area contributed by atoms with Gasteiger partial charge in [0.15, 0.2) is 0 Å². The average Bonchev–Trinajstić information content (AvgIpc) is 3.34. The molecule has 0 bridgehead atoms. The van der Waals surface area contributed by atoms with E-state index in [1.165, 1.54) is 11.1 Å². The van der Waals surface area contributed by atoms with E-state index in [2.05, 4.69) is 59.5 Å². The molecule has 1 unspecified atom stereocenters. The Balaban J connectivity index is 1.54. The van der Waals surface area contributed by atoms with E-state index >= 15 is 0 Å². The number of hydrogen-bond acceptors (Lipinski definition) is 3. The first-order valence-electron chi connectivity index (χ1n) is 9.06. The van der Waals surface area contributed by atoms with Gasteiger partial charge in [-0.25, -0.2) is 0 Å². The van der Waals surface area contributed by atoms with Crippen LogP contribution in [-0.4, -0.2) is 23.8 Å². The van der Waals surface area contributed by atoms with Gasteiger partial charge >= 0.3 is 0 Å². The molecule has 2 aliphatic rings. The molecule has 0 aliphatic carbocycles. The van der Waals surface area contributed by atoms with Gasteiger partial charge in [0.05, 0.1) is 24.9 Å². The maximum absolute atomic E-state index is 6.08. The summed E-state index contributed by atoms with van der Waals surface area (Å²) >= 11 is 6.08. The second kappa shape index (κ2) is 6.52. The van der Waals surface area contributed by atoms with Crippen LogP contribution >= 0.6 is 11.6 Å². The van der Waals surface area contributed by atoms with Crippen LogP contribution in [0.4, 0.5) is 0 Å². The summed E-state index contributed by atoms with van der Waals surface area (Å²) in [6, 6.07) is 27.6. The maximum Gasteiger partial charge on any atom is 0.129 e. The normalized spacial score (nSPS) is 25.6. The molecule has 0 amide bonds. The summed E-state index contributed by atoms with van der Waals surface area (Å²) in [5.74, 6) is 0.862. The Morgan fingerprint density at radius 2 is 1.52 bits per heavy atom. The Hall–Kier alpha value is -2.62. The molecule has 134 valence electrons. The summed E-state index contributed by atoms with van der Waals surface area (Å²) in [5, 5.41) is 0.747. The summed E-state index contributed by atoms with van der Waals surface area (Å²) in [4.78, 5) is 7.55. The molecule has 3 aromatic rings. The lowest BCUT2D eigenvalue weighted by molar-refractivity contribution is 0.400. The van der Waals surface area contributed by atoms with E-state index in [0.717, 1.165) is 22.0 Å². The average molecular weight is 375 g/mol. The molecule has 0 aromatic heterocycles. The second-order valence-electron chi connectivity index (χ2n) is 6.92. The molecule has 0 N–H and O–H groups in total. The lowest BCUT2D eigenvalue weighted by Crippen LogP contribution is -2.08. The fourth-order valence-corrected chi connectivity index (χ4v) is 4.14. The van der Waals surface area contributed by atoms with Crippen molar-refractivity contribution < 1.29 is 4.74 Å². The van der Waals surface area contributed by atoms with Crippen LogP contribution < -0.4 is 4.74 Å². The lowest BCUT2D eigenvalue weighted by Gasteiger charge is -2.15. The van der Waals surface area contributed by atoms with Gasteiger partial charge in [-0.05, 0) is 41.0 Å². The highest BCUT2D eigenvalue weighted by Crippen LogP contribution is 2.55. The second-order valence-corrected chi connectivity index (χ2v) is 7.35. The van der Waals surface area contributed by atoms with Gasteiger partial charge in [0, 0.05) is 5.02 Å². The van der Waals surface area contributed by atoms with Gasteiger partial charge in [0.1, 0.15) is 11.9 Å². The number of rotatable bonds is 4. The highest BCUT2D eigenvalue weighted by Gasteiger charge is 2.59. The minimum absolute atomic E-state index is 0.0248. The van der Waals surface area contributed by atoms with Crippen LogP contribution in [0.1, 0.15) is 28.9 Å². The van der Waals surface area contributed by atoms with Gasteiger partial charge in [0.2, 0.25) is 0 Å². The molecule has 0 saturated carbocycles. The smallest absolute Gasteiger partial charge is 0.129 e. The quantitative estimate of drug-likeness (QED) is 0.580. The van der Waals surface area contributed by atoms with Crippen molar-refractivity contribution in [3.05, 3.63) is 101 Å². The van der Waals surface area contributed by atoms with Crippen molar-refractivity contribution in [2.45, 2.75) is 18.2 Å². The van der Waals surface area contributed by atoms with Crippen molar-refractivity contribution in [3.8, 4) is 5.75 Å². The highest BCUT2D eigenvalue weighted by atomic mass is 35.5. The van der Waals surface area contributed by atoms with Crippen molar-refractivity contribution in [1.29, 1.82) is 0 Å². The van der Waals surface area contributed by atoms with Gasteiger partial charge < -0.3 is 4.74 Å². The van der Waals surface area contributed by atoms with E-state index in [-0.39, 0.29) is 6.17 Å². The molecule has 5 rings (SSSR count). The summed E-state index contributed by atoms with van der Waals surface area (Å²) in [5.41, 5.74) is 4.80. The number of hydrogen-bond donors (Lipinski definition) is 0. The topological polar surface area (TPSA) is 24.6 Å². The van der Waals surface area contributed by atoms with Crippen LogP contribution in [-0.2, 0) is 0 Å². The van der Waals surface area contributed by atoms with Crippen LogP contribution in [0.15, 0.2) is 83.9 Å². The molecule has 0 spiro atoms. The zero-order valence-electron chi connectivity index (χ0n) is 14.9. The molecular weight excluding hydrogens is 356 g/mol. The minimum atomic E-state index is 0.0248. The fraction of sp³-hybridized carbons (Fsp3) is 0.174. The molecule has 1 fully saturated rings. The Bertz CT molecular complexity index is 983. The molecule has 3 nitrogen and oxygen atoms in total. The third-order valence-corrected chi connectivity index (χ3v) is 5.62. The van der Waals surface area contributed by atoms with Gasteiger partial charge in [-0.15, -0.1) is 0 Å². The number of aliphatic imine (C=N–C) groups is 1. The summed E-state index contributed by atoms with van der Waals surface area (Å²) in [6.07, 6.45) is 0.0248. The van der Waals surface area contributed by atoms with Crippen LogP contribution in [0.3, 0.4) is 0 Å². The van der Waals surface area contributed by atoms with E-state index in [0.29, 0.717) is 12.1 Å². The predicted molar refractivity (Wildman–Crippen MR) is 109 cm³/mol. The van der Waals surface area contributed by atoms with Gasteiger partial charge in [-0.2, -0.15) is 0 Å². The summed E-state index contributed by atoms with van der Waals surface area (Å²) in [7, 11) is 1.69. The van der Waals surface area contributed by atoms with E-state index in [1.807, 2.05) is 24.3 Å². The molecule has 4 heteroatoms. The van der Waals surface area contributed by atoms with Crippen LogP contribution in [0.5, 0.6) is 5.75 Å². The minimum Gasteiger partial charge on any atom is -0.497 e.